The van der Waals surface area contributed by atoms with Crippen LogP contribution in [-0.2, 0) is 9.47 Å². The molecule has 0 aromatic heterocycles. The molecular weight excluding hydrogens is 200 g/mol. The second kappa shape index (κ2) is 3.46. The van der Waals surface area contributed by atoms with Crippen LogP contribution in [0.5, 0.6) is 0 Å². The van der Waals surface area contributed by atoms with Crippen LogP contribution in [0, 0.1) is 17.8 Å². The van der Waals surface area contributed by atoms with E-state index >= 15 is 0 Å². The lowest BCUT2D eigenvalue weighted by atomic mass is 9.58. The van der Waals surface area contributed by atoms with Crippen molar-refractivity contribution in [1.29, 1.82) is 0 Å². The normalized spacial score (nSPS) is 55.5. The third-order valence-corrected chi connectivity index (χ3v) is 5.69. The summed E-state index contributed by atoms with van der Waals surface area (Å²) in [4.78, 5) is 0. The standard InChI is InChI=1S/C14H22O2/c1-2-4-11-10(3-1)7-8-14-9-15-13(16-14)6-5-12(11)14/h10-13H,1-9H2. The first-order valence-electron chi connectivity index (χ1n) is 7.17. The molecule has 16 heavy (non-hydrogen) atoms. The number of rotatable bonds is 0. The van der Waals surface area contributed by atoms with Gasteiger partial charge in [-0.1, -0.05) is 19.3 Å². The molecule has 2 bridgehead atoms. The lowest BCUT2D eigenvalue weighted by Crippen LogP contribution is -2.52. The first-order chi connectivity index (χ1) is 7.87. The van der Waals surface area contributed by atoms with Crippen LogP contribution < -0.4 is 0 Å². The molecule has 0 N–H and O–H groups in total. The molecule has 2 saturated heterocycles. The first kappa shape index (κ1) is 9.90. The van der Waals surface area contributed by atoms with E-state index in [9.17, 15) is 0 Å². The quantitative estimate of drug-likeness (QED) is 0.627. The average Bonchev–Trinajstić information content (AvgIpc) is 2.65. The number of hydrogen-bond acceptors (Lipinski definition) is 2. The highest BCUT2D eigenvalue weighted by Gasteiger charge is 2.56. The molecule has 0 radical (unpaired) electrons. The third-order valence-electron chi connectivity index (χ3n) is 5.69. The fourth-order valence-electron chi connectivity index (χ4n) is 4.95. The molecular formula is C14H22O2. The van der Waals surface area contributed by atoms with Crippen molar-refractivity contribution in [2.24, 2.45) is 17.8 Å². The molecule has 4 rings (SSSR count). The Morgan fingerprint density at radius 2 is 1.88 bits per heavy atom. The Labute approximate surface area is 97.7 Å². The van der Waals surface area contributed by atoms with Crippen LogP contribution in [0.15, 0.2) is 0 Å². The van der Waals surface area contributed by atoms with E-state index in [1.165, 1.54) is 44.9 Å². The number of fused-ring (bicyclic) bond motifs is 3. The molecule has 1 spiro atoms. The van der Waals surface area contributed by atoms with Gasteiger partial charge in [0.1, 0.15) is 0 Å². The van der Waals surface area contributed by atoms with Crippen molar-refractivity contribution >= 4 is 0 Å². The van der Waals surface area contributed by atoms with Crippen LogP contribution in [0.4, 0.5) is 0 Å². The van der Waals surface area contributed by atoms with Gasteiger partial charge in [-0.25, -0.2) is 0 Å². The first-order valence-corrected chi connectivity index (χ1v) is 7.17. The maximum Gasteiger partial charge on any atom is 0.158 e. The molecule has 2 heterocycles. The summed E-state index contributed by atoms with van der Waals surface area (Å²) in [6, 6.07) is 0. The molecule has 2 aliphatic carbocycles. The predicted molar refractivity (Wildman–Crippen MR) is 61.0 cm³/mol. The van der Waals surface area contributed by atoms with E-state index in [0.717, 1.165) is 30.8 Å². The van der Waals surface area contributed by atoms with Crippen molar-refractivity contribution in [2.45, 2.75) is 63.3 Å². The van der Waals surface area contributed by atoms with Gasteiger partial charge in [0.2, 0.25) is 0 Å². The summed E-state index contributed by atoms with van der Waals surface area (Å²) < 4.78 is 12.0. The fourth-order valence-corrected chi connectivity index (χ4v) is 4.95. The molecule has 0 aromatic rings. The van der Waals surface area contributed by atoms with Gasteiger partial charge in [-0.05, 0) is 49.9 Å². The molecule has 5 atom stereocenters. The number of hydrogen-bond donors (Lipinski definition) is 0. The Morgan fingerprint density at radius 1 is 0.938 bits per heavy atom. The van der Waals surface area contributed by atoms with Crippen LogP contribution in [-0.4, -0.2) is 18.5 Å². The van der Waals surface area contributed by atoms with Crippen molar-refractivity contribution in [2.75, 3.05) is 6.61 Å². The molecule has 2 aliphatic heterocycles. The lowest BCUT2D eigenvalue weighted by Gasteiger charge is -2.52. The summed E-state index contributed by atoms with van der Waals surface area (Å²) in [6.45, 7) is 0.894. The van der Waals surface area contributed by atoms with Gasteiger partial charge in [0, 0.05) is 0 Å². The van der Waals surface area contributed by atoms with Crippen molar-refractivity contribution in [3.8, 4) is 0 Å². The zero-order valence-electron chi connectivity index (χ0n) is 9.99. The Kier molecular flexibility index (Phi) is 2.14. The molecule has 5 unspecified atom stereocenters. The van der Waals surface area contributed by atoms with Crippen molar-refractivity contribution < 1.29 is 9.47 Å². The molecule has 4 fully saturated rings. The van der Waals surface area contributed by atoms with Crippen LogP contribution >= 0.6 is 0 Å². The van der Waals surface area contributed by atoms with Crippen LogP contribution in [0.25, 0.3) is 0 Å². The van der Waals surface area contributed by atoms with E-state index in [0.29, 0.717) is 0 Å². The highest BCUT2D eigenvalue weighted by Crippen LogP contribution is 2.55. The summed E-state index contributed by atoms with van der Waals surface area (Å²) in [5, 5.41) is 0. The molecule has 2 heteroatoms. The van der Waals surface area contributed by atoms with E-state index in [1.54, 1.807) is 0 Å². The summed E-state index contributed by atoms with van der Waals surface area (Å²) in [5.41, 5.74) is 0.154. The van der Waals surface area contributed by atoms with Crippen LogP contribution in [0.2, 0.25) is 0 Å². The van der Waals surface area contributed by atoms with E-state index in [4.69, 9.17) is 9.47 Å². The van der Waals surface area contributed by atoms with Gasteiger partial charge >= 0.3 is 0 Å². The summed E-state index contributed by atoms with van der Waals surface area (Å²) >= 11 is 0. The van der Waals surface area contributed by atoms with Gasteiger partial charge in [-0.2, -0.15) is 0 Å². The third kappa shape index (κ3) is 1.26. The topological polar surface area (TPSA) is 18.5 Å². The van der Waals surface area contributed by atoms with Gasteiger partial charge in [-0.3, -0.25) is 0 Å². The SMILES string of the molecule is C1CCC2C(C1)CCC13COC(CCC21)O3. The Hall–Kier alpha value is -0.0800. The van der Waals surface area contributed by atoms with Crippen LogP contribution in [0.3, 0.4) is 0 Å². The van der Waals surface area contributed by atoms with E-state index < -0.39 is 0 Å². The molecule has 90 valence electrons. The zero-order valence-corrected chi connectivity index (χ0v) is 9.99. The van der Waals surface area contributed by atoms with Crippen molar-refractivity contribution in [3.63, 3.8) is 0 Å². The van der Waals surface area contributed by atoms with Crippen molar-refractivity contribution in [1.82, 2.24) is 0 Å². The predicted octanol–water partition coefficient (Wildman–Crippen LogP) is 3.11. The summed E-state index contributed by atoms with van der Waals surface area (Å²) in [7, 11) is 0. The second-order valence-corrected chi connectivity index (χ2v) is 6.35. The molecule has 2 nitrogen and oxygen atoms in total. The smallest absolute Gasteiger partial charge is 0.158 e. The minimum atomic E-state index is 0.149. The van der Waals surface area contributed by atoms with E-state index in [-0.39, 0.29) is 11.9 Å². The largest absolute Gasteiger partial charge is 0.350 e. The Balaban J connectivity index is 1.64. The maximum atomic E-state index is 6.22. The average molecular weight is 222 g/mol. The zero-order chi connectivity index (χ0) is 10.6. The molecule has 0 amide bonds. The number of ether oxygens (including phenoxy) is 2. The van der Waals surface area contributed by atoms with Gasteiger partial charge in [0.05, 0.1) is 12.2 Å². The highest BCUT2D eigenvalue weighted by atomic mass is 16.7. The minimum absolute atomic E-state index is 0.149. The van der Waals surface area contributed by atoms with Gasteiger partial charge in [-0.15, -0.1) is 0 Å². The van der Waals surface area contributed by atoms with Crippen LogP contribution in [0.1, 0.15) is 51.4 Å². The summed E-state index contributed by atoms with van der Waals surface area (Å²) in [5.74, 6) is 2.81. The lowest BCUT2D eigenvalue weighted by molar-refractivity contribution is -0.181. The Morgan fingerprint density at radius 3 is 2.88 bits per heavy atom. The van der Waals surface area contributed by atoms with E-state index in [2.05, 4.69) is 0 Å². The van der Waals surface area contributed by atoms with E-state index in [1.807, 2.05) is 0 Å². The molecule has 0 aromatic carbocycles. The second-order valence-electron chi connectivity index (χ2n) is 6.35. The van der Waals surface area contributed by atoms with Crippen molar-refractivity contribution in [3.05, 3.63) is 0 Å². The minimum Gasteiger partial charge on any atom is -0.350 e. The van der Waals surface area contributed by atoms with Gasteiger partial charge in [0.15, 0.2) is 6.29 Å². The highest BCUT2D eigenvalue weighted by molar-refractivity contribution is 5.03. The molecule has 4 aliphatic rings. The monoisotopic (exact) mass is 222 g/mol. The fraction of sp³-hybridized carbons (Fsp3) is 1.00. The van der Waals surface area contributed by atoms with Gasteiger partial charge < -0.3 is 9.47 Å². The Bertz CT molecular complexity index is 290. The van der Waals surface area contributed by atoms with Gasteiger partial charge in [0.25, 0.3) is 0 Å². The summed E-state index contributed by atoms with van der Waals surface area (Å²) in [6.07, 6.45) is 11.2. The maximum absolute atomic E-state index is 6.22. The molecule has 2 saturated carbocycles.